The van der Waals surface area contributed by atoms with Gasteiger partial charge in [0.05, 0.1) is 5.69 Å². The van der Waals surface area contributed by atoms with Crippen molar-refractivity contribution in [1.29, 1.82) is 0 Å². The Labute approximate surface area is 151 Å². The molecule has 1 amide bonds. The predicted molar refractivity (Wildman–Crippen MR) is 95.4 cm³/mol. The molecule has 0 aliphatic heterocycles. The number of hydrogen-bond donors (Lipinski definition) is 1. The van der Waals surface area contributed by atoms with Gasteiger partial charge in [-0.15, -0.1) is 0 Å². The smallest absolute Gasteiger partial charge is 0.270 e. The van der Waals surface area contributed by atoms with Crippen LogP contribution in [-0.4, -0.2) is 30.8 Å². The molecule has 1 unspecified atom stereocenters. The number of amides is 1. The SMILES string of the molecule is CCn1nc(C(C)C)cc1C(=O)NC(C)c1nc(-c2ccncc2)no1. The summed E-state index contributed by atoms with van der Waals surface area (Å²) in [5.74, 6) is 0.842. The molecule has 1 N–H and O–H groups in total. The average molecular weight is 354 g/mol. The topological polar surface area (TPSA) is 98.7 Å². The monoisotopic (exact) mass is 354 g/mol. The van der Waals surface area contributed by atoms with E-state index in [1.807, 2.05) is 26.8 Å². The summed E-state index contributed by atoms with van der Waals surface area (Å²) < 4.78 is 7.00. The van der Waals surface area contributed by atoms with Crippen LogP contribution in [0, 0.1) is 0 Å². The zero-order valence-corrected chi connectivity index (χ0v) is 15.3. The summed E-state index contributed by atoms with van der Waals surface area (Å²) in [6.45, 7) is 8.47. The lowest BCUT2D eigenvalue weighted by Gasteiger charge is -2.10. The lowest BCUT2D eigenvalue weighted by Crippen LogP contribution is -2.29. The molecule has 3 heterocycles. The van der Waals surface area contributed by atoms with Crippen molar-refractivity contribution >= 4 is 5.91 Å². The highest BCUT2D eigenvalue weighted by atomic mass is 16.5. The number of hydrogen-bond acceptors (Lipinski definition) is 6. The normalized spacial score (nSPS) is 12.3. The molecular formula is C18H22N6O2. The van der Waals surface area contributed by atoms with E-state index in [1.165, 1.54) is 0 Å². The highest BCUT2D eigenvalue weighted by Gasteiger charge is 2.21. The minimum absolute atomic E-state index is 0.220. The third kappa shape index (κ3) is 3.63. The van der Waals surface area contributed by atoms with Gasteiger partial charge in [-0.1, -0.05) is 19.0 Å². The molecule has 3 aromatic heterocycles. The third-order valence-corrected chi connectivity index (χ3v) is 4.02. The lowest BCUT2D eigenvalue weighted by atomic mass is 10.1. The Morgan fingerprint density at radius 3 is 2.65 bits per heavy atom. The van der Waals surface area contributed by atoms with Gasteiger partial charge < -0.3 is 9.84 Å². The number of rotatable bonds is 6. The summed E-state index contributed by atoms with van der Waals surface area (Å²) in [5, 5.41) is 11.3. The molecule has 0 radical (unpaired) electrons. The van der Waals surface area contributed by atoms with E-state index in [0.29, 0.717) is 24.0 Å². The first-order valence-electron chi connectivity index (χ1n) is 8.62. The number of carbonyl (C=O) groups is 1. The molecule has 0 aliphatic carbocycles. The fraction of sp³-hybridized carbons (Fsp3) is 0.389. The Morgan fingerprint density at radius 2 is 2.00 bits per heavy atom. The van der Waals surface area contributed by atoms with Gasteiger partial charge >= 0.3 is 0 Å². The van der Waals surface area contributed by atoms with E-state index >= 15 is 0 Å². The Bertz CT molecular complexity index is 884. The average Bonchev–Trinajstić information content (AvgIpc) is 3.29. The molecule has 0 aromatic carbocycles. The first kappa shape index (κ1) is 17.8. The van der Waals surface area contributed by atoms with Crippen molar-refractivity contribution in [2.24, 2.45) is 0 Å². The van der Waals surface area contributed by atoms with Crippen LogP contribution >= 0.6 is 0 Å². The van der Waals surface area contributed by atoms with Gasteiger partial charge in [-0.3, -0.25) is 14.5 Å². The molecule has 0 saturated carbocycles. The van der Waals surface area contributed by atoms with E-state index in [4.69, 9.17) is 4.52 Å². The van der Waals surface area contributed by atoms with Crippen LogP contribution in [0.3, 0.4) is 0 Å². The van der Waals surface area contributed by atoms with Crippen molar-refractivity contribution in [1.82, 2.24) is 30.2 Å². The van der Waals surface area contributed by atoms with E-state index in [2.05, 4.69) is 25.5 Å². The summed E-state index contributed by atoms with van der Waals surface area (Å²) in [7, 11) is 0. The molecular weight excluding hydrogens is 332 g/mol. The zero-order chi connectivity index (χ0) is 18.7. The summed E-state index contributed by atoms with van der Waals surface area (Å²) >= 11 is 0. The first-order chi connectivity index (χ1) is 12.5. The maximum Gasteiger partial charge on any atom is 0.270 e. The van der Waals surface area contributed by atoms with Crippen LogP contribution in [0.15, 0.2) is 35.1 Å². The van der Waals surface area contributed by atoms with Gasteiger partial charge in [0.15, 0.2) is 0 Å². The molecule has 0 saturated heterocycles. The fourth-order valence-corrected chi connectivity index (χ4v) is 2.50. The van der Waals surface area contributed by atoms with Gasteiger partial charge in [0.1, 0.15) is 11.7 Å². The van der Waals surface area contributed by atoms with Crippen molar-refractivity contribution in [2.75, 3.05) is 0 Å². The Balaban J connectivity index is 1.75. The third-order valence-electron chi connectivity index (χ3n) is 4.02. The molecule has 26 heavy (non-hydrogen) atoms. The molecule has 0 fully saturated rings. The summed E-state index contributed by atoms with van der Waals surface area (Å²) in [6, 6.07) is 5.00. The van der Waals surface area contributed by atoms with Crippen LogP contribution in [0.5, 0.6) is 0 Å². The van der Waals surface area contributed by atoms with Crippen molar-refractivity contribution in [3.8, 4) is 11.4 Å². The number of carbonyl (C=O) groups excluding carboxylic acids is 1. The number of aromatic nitrogens is 5. The van der Waals surface area contributed by atoms with Crippen LogP contribution in [0.1, 0.15) is 61.7 Å². The van der Waals surface area contributed by atoms with E-state index in [1.54, 1.807) is 36.1 Å². The molecule has 3 aromatic rings. The van der Waals surface area contributed by atoms with Crippen LogP contribution in [-0.2, 0) is 6.54 Å². The molecule has 0 bridgehead atoms. The standard InChI is InChI=1S/C18H22N6O2/c1-5-24-15(10-14(22-24)11(2)3)17(25)20-12(4)18-21-16(23-26-18)13-6-8-19-9-7-13/h6-12H,5H2,1-4H3,(H,20,25). The molecule has 136 valence electrons. The number of nitrogens with zero attached hydrogens (tertiary/aromatic N) is 5. The van der Waals surface area contributed by atoms with Crippen molar-refractivity contribution in [2.45, 2.75) is 46.2 Å². The van der Waals surface area contributed by atoms with Crippen molar-refractivity contribution < 1.29 is 9.32 Å². The molecule has 3 rings (SSSR count). The second-order valence-corrected chi connectivity index (χ2v) is 6.31. The first-order valence-corrected chi connectivity index (χ1v) is 8.62. The van der Waals surface area contributed by atoms with Crippen LogP contribution in [0.25, 0.3) is 11.4 Å². The maximum absolute atomic E-state index is 12.7. The molecule has 0 aliphatic rings. The van der Waals surface area contributed by atoms with Gasteiger partial charge in [0, 0.05) is 24.5 Å². The van der Waals surface area contributed by atoms with Gasteiger partial charge in [-0.2, -0.15) is 10.1 Å². The van der Waals surface area contributed by atoms with E-state index < -0.39 is 6.04 Å². The summed E-state index contributed by atoms with van der Waals surface area (Å²) in [6.07, 6.45) is 3.32. The van der Waals surface area contributed by atoms with E-state index in [0.717, 1.165) is 11.3 Å². The lowest BCUT2D eigenvalue weighted by molar-refractivity contribution is 0.0921. The van der Waals surface area contributed by atoms with Crippen molar-refractivity contribution in [3.05, 3.63) is 47.9 Å². The van der Waals surface area contributed by atoms with Gasteiger partial charge in [0.2, 0.25) is 11.7 Å². The van der Waals surface area contributed by atoms with Gasteiger partial charge in [-0.05, 0) is 38.0 Å². The zero-order valence-electron chi connectivity index (χ0n) is 15.3. The van der Waals surface area contributed by atoms with E-state index in [-0.39, 0.29) is 11.8 Å². The number of nitrogens with one attached hydrogen (secondary N) is 1. The van der Waals surface area contributed by atoms with Crippen LogP contribution < -0.4 is 5.32 Å². The second kappa shape index (κ2) is 7.47. The minimum Gasteiger partial charge on any atom is -0.339 e. The number of pyridine rings is 1. The Hall–Kier alpha value is -3.03. The molecule has 0 spiro atoms. The minimum atomic E-state index is -0.423. The predicted octanol–water partition coefficient (Wildman–Crippen LogP) is 2.96. The highest BCUT2D eigenvalue weighted by Crippen LogP contribution is 2.19. The van der Waals surface area contributed by atoms with E-state index in [9.17, 15) is 4.79 Å². The quantitative estimate of drug-likeness (QED) is 0.731. The largest absolute Gasteiger partial charge is 0.339 e. The van der Waals surface area contributed by atoms with Crippen LogP contribution in [0.2, 0.25) is 0 Å². The fourth-order valence-electron chi connectivity index (χ4n) is 2.50. The maximum atomic E-state index is 12.7. The highest BCUT2D eigenvalue weighted by molar-refractivity contribution is 5.92. The van der Waals surface area contributed by atoms with Crippen LogP contribution in [0.4, 0.5) is 0 Å². The summed E-state index contributed by atoms with van der Waals surface area (Å²) in [4.78, 5) is 21.0. The Morgan fingerprint density at radius 1 is 1.27 bits per heavy atom. The number of aryl methyl sites for hydroxylation is 1. The van der Waals surface area contributed by atoms with Crippen molar-refractivity contribution in [3.63, 3.8) is 0 Å². The molecule has 8 nitrogen and oxygen atoms in total. The second-order valence-electron chi connectivity index (χ2n) is 6.31. The Kier molecular flexibility index (Phi) is 5.11. The summed E-state index contributed by atoms with van der Waals surface area (Å²) in [5.41, 5.74) is 2.22. The van der Waals surface area contributed by atoms with Gasteiger partial charge in [0.25, 0.3) is 5.91 Å². The molecule has 8 heteroatoms. The molecule has 1 atom stereocenters. The van der Waals surface area contributed by atoms with Gasteiger partial charge in [-0.25, -0.2) is 0 Å².